The van der Waals surface area contributed by atoms with E-state index in [0.29, 0.717) is 0 Å². The minimum atomic E-state index is -1.12. The third-order valence-corrected chi connectivity index (χ3v) is 2.95. The summed E-state index contributed by atoms with van der Waals surface area (Å²) in [5.41, 5.74) is -0.681. The van der Waals surface area contributed by atoms with Gasteiger partial charge in [0.15, 0.2) is 11.6 Å². The van der Waals surface area contributed by atoms with E-state index in [4.69, 9.17) is 20.0 Å². The lowest BCUT2D eigenvalue weighted by atomic mass is 10.1. The van der Waals surface area contributed by atoms with Gasteiger partial charge in [0.25, 0.3) is 0 Å². The maximum absolute atomic E-state index is 14.3. The third kappa shape index (κ3) is 2.68. The van der Waals surface area contributed by atoms with Gasteiger partial charge in [-0.25, -0.2) is 8.78 Å². The fourth-order valence-electron chi connectivity index (χ4n) is 1.90. The van der Waals surface area contributed by atoms with Crippen molar-refractivity contribution in [1.29, 1.82) is 10.5 Å². The molecule has 0 heterocycles. The molecule has 4 nitrogen and oxygen atoms in total. The number of ether oxygens (including phenoxy) is 2. The van der Waals surface area contributed by atoms with Crippen LogP contribution in [-0.2, 0) is 6.61 Å². The Balaban J connectivity index is 2.49. The van der Waals surface area contributed by atoms with Crippen molar-refractivity contribution < 1.29 is 18.3 Å². The fourth-order valence-corrected chi connectivity index (χ4v) is 1.90. The summed E-state index contributed by atoms with van der Waals surface area (Å²) in [6, 6.07) is 11.8. The monoisotopic (exact) mass is 300 g/mol. The molecule has 0 saturated carbocycles. The molecule has 6 heteroatoms. The average molecular weight is 300 g/mol. The molecule has 0 radical (unpaired) electrons. The van der Waals surface area contributed by atoms with Crippen molar-refractivity contribution in [1.82, 2.24) is 0 Å². The highest BCUT2D eigenvalue weighted by Gasteiger charge is 2.27. The quantitative estimate of drug-likeness (QED) is 0.869. The molecule has 0 aliphatic rings. The molecule has 0 fully saturated rings. The SMILES string of the molecule is COc1c(F)c(C#N)c(C#N)c(F)c1OCc1ccccc1. The highest BCUT2D eigenvalue weighted by atomic mass is 19.1. The van der Waals surface area contributed by atoms with E-state index >= 15 is 0 Å². The zero-order valence-electron chi connectivity index (χ0n) is 11.6. The molecule has 0 aliphatic heterocycles. The van der Waals surface area contributed by atoms with Crippen molar-refractivity contribution in [3.8, 4) is 23.6 Å². The molecule has 0 aliphatic carbocycles. The first-order chi connectivity index (χ1) is 10.6. The molecule has 0 aromatic heterocycles. The van der Waals surface area contributed by atoms with Crippen molar-refractivity contribution in [2.45, 2.75) is 6.61 Å². The molecule has 0 N–H and O–H groups in total. The Morgan fingerprint density at radius 2 is 1.50 bits per heavy atom. The number of hydrogen-bond donors (Lipinski definition) is 0. The summed E-state index contributed by atoms with van der Waals surface area (Å²) in [7, 11) is 1.13. The molecular weight excluding hydrogens is 290 g/mol. The van der Waals surface area contributed by atoms with Crippen molar-refractivity contribution in [3.63, 3.8) is 0 Å². The molecular formula is C16H10F2N2O2. The molecule has 0 saturated heterocycles. The number of nitrogens with zero attached hydrogens (tertiary/aromatic N) is 2. The lowest BCUT2D eigenvalue weighted by molar-refractivity contribution is 0.262. The summed E-state index contributed by atoms with van der Waals surface area (Å²) in [6.07, 6.45) is 0. The van der Waals surface area contributed by atoms with Crippen LogP contribution in [0.1, 0.15) is 16.7 Å². The first-order valence-electron chi connectivity index (χ1n) is 6.19. The molecule has 0 spiro atoms. The van der Waals surface area contributed by atoms with Crippen LogP contribution >= 0.6 is 0 Å². The van der Waals surface area contributed by atoms with Crippen LogP contribution < -0.4 is 9.47 Å². The van der Waals surface area contributed by atoms with Gasteiger partial charge in [-0.15, -0.1) is 0 Å². The van der Waals surface area contributed by atoms with Crippen molar-refractivity contribution in [3.05, 3.63) is 58.7 Å². The molecule has 0 bridgehead atoms. The molecule has 22 heavy (non-hydrogen) atoms. The van der Waals surface area contributed by atoms with Crippen LogP contribution in [-0.4, -0.2) is 7.11 Å². The Morgan fingerprint density at radius 1 is 0.955 bits per heavy atom. The van der Waals surface area contributed by atoms with E-state index in [1.807, 2.05) is 0 Å². The summed E-state index contributed by atoms with van der Waals surface area (Å²) in [5.74, 6) is -3.30. The van der Waals surface area contributed by atoms with Crippen LogP contribution in [0.25, 0.3) is 0 Å². The average Bonchev–Trinajstić information content (AvgIpc) is 2.55. The Hall–Kier alpha value is -3.12. The van der Waals surface area contributed by atoms with Gasteiger partial charge in [-0.05, 0) is 5.56 Å². The first kappa shape index (κ1) is 15.3. The largest absolute Gasteiger partial charge is 0.490 e. The van der Waals surface area contributed by atoms with E-state index in [1.165, 1.54) is 12.1 Å². The van der Waals surface area contributed by atoms with Gasteiger partial charge in [0, 0.05) is 0 Å². The van der Waals surface area contributed by atoms with E-state index in [9.17, 15) is 8.78 Å². The van der Waals surface area contributed by atoms with Crippen molar-refractivity contribution >= 4 is 0 Å². The predicted octanol–water partition coefficient (Wildman–Crippen LogP) is 3.30. The summed E-state index contributed by atoms with van der Waals surface area (Å²) in [4.78, 5) is 0. The molecule has 0 atom stereocenters. The van der Waals surface area contributed by atoms with E-state index < -0.39 is 34.3 Å². The second kappa shape index (κ2) is 6.55. The van der Waals surface area contributed by atoms with Crippen LogP contribution in [0.5, 0.6) is 11.5 Å². The topological polar surface area (TPSA) is 66.0 Å². The number of rotatable bonds is 4. The highest BCUT2D eigenvalue weighted by molar-refractivity contribution is 5.58. The molecule has 0 amide bonds. The fraction of sp³-hybridized carbons (Fsp3) is 0.125. The standard InChI is InChI=1S/C16H10F2N2O2/c1-21-15-13(17)11(7-19)12(8-20)14(18)16(15)22-9-10-5-3-2-4-6-10/h2-6H,9H2,1H3. The second-order valence-corrected chi connectivity index (χ2v) is 4.24. The third-order valence-electron chi connectivity index (χ3n) is 2.95. The maximum Gasteiger partial charge on any atom is 0.202 e. The number of hydrogen-bond acceptors (Lipinski definition) is 4. The molecule has 2 rings (SSSR count). The maximum atomic E-state index is 14.3. The van der Waals surface area contributed by atoms with Gasteiger partial charge in [-0.1, -0.05) is 30.3 Å². The van der Waals surface area contributed by atoms with Crippen LogP contribution in [0, 0.1) is 34.3 Å². The van der Waals surface area contributed by atoms with Crippen LogP contribution in [0.4, 0.5) is 8.78 Å². The Kier molecular flexibility index (Phi) is 4.55. The van der Waals surface area contributed by atoms with Crippen LogP contribution in [0.15, 0.2) is 30.3 Å². The van der Waals surface area contributed by atoms with E-state index in [1.54, 1.807) is 30.3 Å². The smallest absolute Gasteiger partial charge is 0.202 e. The molecule has 0 unspecified atom stereocenters. The van der Waals surface area contributed by atoms with Gasteiger partial charge in [-0.3, -0.25) is 0 Å². The summed E-state index contributed by atoms with van der Waals surface area (Å²) in [5, 5.41) is 17.8. The van der Waals surface area contributed by atoms with Crippen LogP contribution in [0.2, 0.25) is 0 Å². The zero-order valence-corrected chi connectivity index (χ0v) is 11.6. The molecule has 2 aromatic rings. The Bertz CT molecular complexity index is 774. The van der Waals surface area contributed by atoms with Crippen LogP contribution in [0.3, 0.4) is 0 Å². The van der Waals surface area contributed by atoms with Crippen molar-refractivity contribution in [2.75, 3.05) is 7.11 Å². The summed E-state index contributed by atoms with van der Waals surface area (Å²) in [6.45, 7) is -0.0374. The number of methoxy groups -OCH3 is 1. The van der Waals surface area contributed by atoms with Gasteiger partial charge >= 0.3 is 0 Å². The Morgan fingerprint density at radius 3 is 2.00 bits per heavy atom. The molecule has 2 aromatic carbocycles. The molecule has 110 valence electrons. The minimum absolute atomic E-state index is 0.0374. The lowest BCUT2D eigenvalue weighted by Crippen LogP contribution is -2.06. The Labute approximate surface area is 125 Å². The lowest BCUT2D eigenvalue weighted by Gasteiger charge is -2.14. The van der Waals surface area contributed by atoms with Gasteiger partial charge < -0.3 is 9.47 Å². The predicted molar refractivity (Wildman–Crippen MR) is 73.1 cm³/mol. The summed E-state index contributed by atoms with van der Waals surface area (Å²) >= 11 is 0. The number of benzene rings is 2. The normalized spacial score (nSPS) is 9.68. The van der Waals surface area contributed by atoms with E-state index in [0.717, 1.165) is 12.7 Å². The van der Waals surface area contributed by atoms with Gasteiger partial charge in [0.05, 0.1) is 7.11 Å². The van der Waals surface area contributed by atoms with Crippen molar-refractivity contribution in [2.24, 2.45) is 0 Å². The van der Waals surface area contributed by atoms with E-state index in [-0.39, 0.29) is 6.61 Å². The second-order valence-electron chi connectivity index (χ2n) is 4.24. The van der Waals surface area contributed by atoms with Gasteiger partial charge in [-0.2, -0.15) is 10.5 Å². The van der Waals surface area contributed by atoms with Gasteiger partial charge in [0.1, 0.15) is 29.9 Å². The van der Waals surface area contributed by atoms with E-state index in [2.05, 4.69) is 0 Å². The number of nitriles is 2. The number of halogens is 2. The minimum Gasteiger partial charge on any atom is -0.490 e. The van der Waals surface area contributed by atoms with Gasteiger partial charge in [0.2, 0.25) is 11.5 Å². The summed E-state index contributed by atoms with van der Waals surface area (Å²) < 4.78 is 38.5. The zero-order chi connectivity index (χ0) is 16.1. The first-order valence-corrected chi connectivity index (χ1v) is 6.19. The highest BCUT2D eigenvalue weighted by Crippen LogP contribution is 2.38.